The number of carbonyl (C=O) groups excluding carboxylic acids is 1. The molecule has 6 nitrogen and oxygen atoms in total. The Morgan fingerprint density at radius 2 is 2.17 bits per heavy atom. The maximum Gasteiger partial charge on any atom is 0.310 e. The summed E-state index contributed by atoms with van der Waals surface area (Å²) in [7, 11) is 1.41. The molecule has 23 heavy (non-hydrogen) atoms. The first-order valence-electron chi connectivity index (χ1n) is 8.92. The van der Waals surface area contributed by atoms with Crippen molar-refractivity contribution in [2.75, 3.05) is 39.8 Å². The van der Waals surface area contributed by atoms with Crippen molar-refractivity contribution in [2.45, 2.75) is 52.5 Å². The molecule has 1 aliphatic rings. The first-order valence-corrected chi connectivity index (χ1v) is 8.92. The van der Waals surface area contributed by atoms with Crippen LogP contribution in [-0.4, -0.2) is 62.7 Å². The van der Waals surface area contributed by atoms with Crippen LogP contribution in [0.3, 0.4) is 0 Å². The van der Waals surface area contributed by atoms with Gasteiger partial charge in [-0.3, -0.25) is 9.79 Å². The van der Waals surface area contributed by atoms with Crippen LogP contribution in [0.4, 0.5) is 0 Å². The van der Waals surface area contributed by atoms with Gasteiger partial charge in [-0.05, 0) is 39.7 Å². The molecule has 0 saturated carbocycles. The molecular formula is C17H34N4O2. The van der Waals surface area contributed by atoms with E-state index in [0.29, 0.717) is 12.6 Å². The van der Waals surface area contributed by atoms with Crippen molar-refractivity contribution in [3.05, 3.63) is 0 Å². The molecule has 0 bridgehead atoms. The number of piperidine rings is 1. The zero-order chi connectivity index (χ0) is 17.1. The second-order valence-corrected chi connectivity index (χ2v) is 6.30. The van der Waals surface area contributed by atoms with Crippen molar-refractivity contribution in [3.63, 3.8) is 0 Å². The third-order valence-electron chi connectivity index (χ3n) is 4.33. The van der Waals surface area contributed by atoms with Crippen LogP contribution < -0.4 is 10.6 Å². The van der Waals surface area contributed by atoms with Gasteiger partial charge in [0, 0.05) is 25.7 Å². The van der Waals surface area contributed by atoms with Gasteiger partial charge in [-0.15, -0.1) is 0 Å². The van der Waals surface area contributed by atoms with E-state index in [1.165, 1.54) is 32.9 Å². The molecule has 0 aromatic carbocycles. The first kappa shape index (κ1) is 19.7. The number of carbonyl (C=O) groups is 1. The van der Waals surface area contributed by atoms with Gasteiger partial charge in [0.25, 0.3) is 0 Å². The molecule has 0 spiro atoms. The normalized spacial score (nSPS) is 20.9. The van der Waals surface area contributed by atoms with Gasteiger partial charge in [0.2, 0.25) is 0 Å². The molecule has 0 radical (unpaired) electrons. The van der Waals surface area contributed by atoms with Crippen molar-refractivity contribution in [2.24, 2.45) is 10.9 Å². The molecule has 1 aliphatic heterocycles. The number of aliphatic imine (C=N–C) groups is 1. The lowest BCUT2D eigenvalue weighted by Gasteiger charge is -2.33. The number of hydrogen-bond acceptors (Lipinski definition) is 4. The second kappa shape index (κ2) is 11.3. The van der Waals surface area contributed by atoms with Crippen LogP contribution in [0.1, 0.15) is 46.5 Å². The minimum Gasteiger partial charge on any atom is -0.469 e. The largest absolute Gasteiger partial charge is 0.469 e. The summed E-state index contributed by atoms with van der Waals surface area (Å²) in [5.74, 6) is 0.336. The molecule has 1 heterocycles. The lowest BCUT2D eigenvalue weighted by atomic mass is 10.0. The number of esters is 1. The van der Waals surface area contributed by atoms with Crippen LogP contribution >= 0.6 is 0 Å². The molecule has 134 valence electrons. The maximum atomic E-state index is 11.4. The highest BCUT2D eigenvalue weighted by Gasteiger charge is 2.17. The third-order valence-corrected chi connectivity index (χ3v) is 4.33. The zero-order valence-corrected chi connectivity index (χ0v) is 15.2. The second-order valence-electron chi connectivity index (χ2n) is 6.30. The Balaban J connectivity index is 2.30. The number of nitrogens with one attached hydrogen (secondary N) is 2. The molecule has 1 fully saturated rings. The van der Waals surface area contributed by atoms with E-state index in [-0.39, 0.29) is 11.9 Å². The Morgan fingerprint density at radius 1 is 1.39 bits per heavy atom. The van der Waals surface area contributed by atoms with Crippen LogP contribution in [0.25, 0.3) is 0 Å². The fourth-order valence-electron chi connectivity index (χ4n) is 2.82. The topological polar surface area (TPSA) is 66.0 Å². The van der Waals surface area contributed by atoms with E-state index in [1.54, 1.807) is 0 Å². The Hall–Kier alpha value is -1.30. The highest BCUT2D eigenvalue weighted by atomic mass is 16.5. The lowest BCUT2D eigenvalue weighted by molar-refractivity contribution is -0.144. The molecule has 0 aromatic heterocycles. The number of hydrogen-bond donors (Lipinski definition) is 2. The molecule has 6 heteroatoms. The number of ether oxygens (including phenoxy) is 1. The summed E-state index contributed by atoms with van der Waals surface area (Å²) < 4.78 is 4.73. The van der Waals surface area contributed by atoms with E-state index < -0.39 is 0 Å². The van der Waals surface area contributed by atoms with Crippen LogP contribution in [0.2, 0.25) is 0 Å². The Morgan fingerprint density at radius 3 is 2.83 bits per heavy atom. The molecular weight excluding hydrogens is 292 g/mol. The first-order chi connectivity index (χ1) is 11.1. The fourth-order valence-corrected chi connectivity index (χ4v) is 2.82. The molecule has 1 rings (SSSR count). The fraction of sp³-hybridized carbons (Fsp3) is 0.882. The molecule has 0 aromatic rings. The minimum absolute atomic E-state index is 0.218. The van der Waals surface area contributed by atoms with Crippen molar-refractivity contribution >= 4 is 11.9 Å². The molecule has 2 atom stereocenters. The van der Waals surface area contributed by atoms with Gasteiger partial charge in [-0.1, -0.05) is 13.3 Å². The SMILES string of the molecule is CCNC(=NCC(C)C(=O)OC)NCCCN1CCCCC1C. The van der Waals surface area contributed by atoms with Crippen LogP contribution in [0, 0.1) is 5.92 Å². The average Bonchev–Trinajstić information content (AvgIpc) is 2.56. The summed E-state index contributed by atoms with van der Waals surface area (Å²) in [6.45, 7) is 10.7. The number of nitrogens with zero attached hydrogens (tertiary/aromatic N) is 2. The van der Waals surface area contributed by atoms with Gasteiger partial charge in [-0.25, -0.2) is 0 Å². The molecule has 2 N–H and O–H groups in total. The molecule has 0 aliphatic carbocycles. The molecule has 0 amide bonds. The average molecular weight is 326 g/mol. The predicted octanol–water partition coefficient (Wildman–Crippen LogP) is 1.62. The quantitative estimate of drug-likeness (QED) is 0.307. The van der Waals surface area contributed by atoms with E-state index >= 15 is 0 Å². The van der Waals surface area contributed by atoms with Crippen LogP contribution in [-0.2, 0) is 9.53 Å². The number of likely N-dealkylation sites (tertiary alicyclic amines) is 1. The highest BCUT2D eigenvalue weighted by molar-refractivity contribution is 5.80. The summed E-state index contributed by atoms with van der Waals surface area (Å²) in [5.41, 5.74) is 0. The number of methoxy groups -OCH3 is 1. The van der Waals surface area contributed by atoms with Crippen LogP contribution in [0.15, 0.2) is 4.99 Å². The van der Waals surface area contributed by atoms with Gasteiger partial charge in [0.15, 0.2) is 5.96 Å². The summed E-state index contributed by atoms with van der Waals surface area (Å²) in [4.78, 5) is 18.5. The zero-order valence-electron chi connectivity index (χ0n) is 15.2. The molecule has 1 saturated heterocycles. The van der Waals surface area contributed by atoms with E-state index in [1.807, 2.05) is 13.8 Å². The van der Waals surface area contributed by atoms with Gasteiger partial charge in [-0.2, -0.15) is 0 Å². The maximum absolute atomic E-state index is 11.4. The standard InChI is InChI=1S/C17H34N4O2/c1-5-18-17(20-13-14(2)16(22)23-4)19-10-8-12-21-11-7-6-9-15(21)3/h14-15H,5-13H2,1-4H3,(H2,18,19,20). The predicted molar refractivity (Wildman–Crippen MR) is 94.7 cm³/mol. The monoisotopic (exact) mass is 326 g/mol. The smallest absolute Gasteiger partial charge is 0.310 e. The summed E-state index contributed by atoms with van der Waals surface area (Å²) in [6, 6.07) is 0.714. The van der Waals surface area contributed by atoms with E-state index in [9.17, 15) is 4.79 Å². The third kappa shape index (κ3) is 7.68. The van der Waals surface area contributed by atoms with Gasteiger partial charge in [0.1, 0.15) is 0 Å². The van der Waals surface area contributed by atoms with Crippen LogP contribution in [0.5, 0.6) is 0 Å². The summed E-state index contributed by atoms with van der Waals surface area (Å²) in [5, 5.41) is 6.56. The van der Waals surface area contributed by atoms with Gasteiger partial charge in [0.05, 0.1) is 19.6 Å². The van der Waals surface area contributed by atoms with Gasteiger partial charge >= 0.3 is 5.97 Å². The number of guanidine groups is 1. The van der Waals surface area contributed by atoms with E-state index in [2.05, 4.69) is 27.4 Å². The van der Waals surface area contributed by atoms with E-state index in [4.69, 9.17) is 4.74 Å². The number of rotatable bonds is 8. The Labute approximate surface area is 141 Å². The van der Waals surface area contributed by atoms with Crippen molar-refractivity contribution in [1.82, 2.24) is 15.5 Å². The lowest BCUT2D eigenvalue weighted by Crippen LogP contribution is -2.41. The van der Waals surface area contributed by atoms with Crippen molar-refractivity contribution < 1.29 is 9.53 Å². The summed E-state index contributed by atoms with van der Waals surface area (Å²) >= 11 is 0. The summed E-state index contributed by atoms with van der Waals surface area (Å²) in [6.07, 6.45) is 5.11. The Kier molecular flexibility index (Phi) is 9.67. The van der Waals surface area contributed by atoms with Gasteiger partial charge < -0.3 is 20.3 Å². The van der Waals surface area contributed by atoms with E-state index in [0.717, 1.165) is 32.0 Å². The highest BCUT2D eigenvalue weighted by Crippen LogP contribution is 2.15. The molecule has 2 unspecified atom stereocenters. The van der Waals surface area contributed by atoms with Crippen molar-refractivity contribution in [1.29, 1.82) is 0 Å². The minimum atomic E-state index is -0.219. The Bertz CT molecular complexity index is 374. The van der Waals surface area contributed by atoms with Crippen molar-refractivity contribution in [3.8, 4) is 0 Å².